The van der Waals surface area contributed by atoms with Gasteiger partial charge in [0, 0.05) is 13.3 Å². The molecule has 0 aromatic rings. The van der Waals surface area contributed by atoms with Crippen molar-refractivity contribution in [1.82, 2.24) is 0 Å². The Balaban J connectivity index is 2.99. The molecule has 0 bridgehead atoms. The minimum absolute atomic E-state index is 0.778. The molecule has 2 nitrogen and oxygen atoms in total. The van der Waals surface area contributed by atoms with Crippen LogP contribution in [0.1, 0.15) is 122 Å². The van der Waals surface area contributed by atoms with Crippen molar-refractivity contribution in [1.29, 1.82) is 0 Å². The lowest BCUT2D eigenvalue weighted by Gasteiger charge is -2.04. The van der Waals surface area contributed by atoms with Crippen molar-refractivity contribution in [2.45, 2.75) is 122 Å². The minimum atomic E-state index is -1.70. The SMILES string of the molecule is CCCCCCCCCCCCCCCCCCCC[PH](=O)OC. The van der Waals surface area contributed by atoms with Crippen LogP contribution in [0.25, 0.3) is 0 Å². The summed E-state index contributed by atoms with van der Waals surface area (Å²) in [4.78, 5) is 0. The first-order valence-corrected chi connectivity index (χ1v) is 12.4. The zero-order chi connectivity index (χ0) is 17.7. The number of hydrogen-bond acceptors (Lipinski definition) is 2. The Morgan fingerprint density at radius 1 is 0.542 bits per heavy atom. The predicted molar refractivity (Wildman–Crippen MR) is 110 cm³/mol. The van der Waals surface area contributed by atoms with E-state index in [1.165, 1.54) is 109 Å². The van der Waals surface area contributed by atoms with Crippen molar-refractivity contribution in [2.24, 2.45) is 0 Å². The summed E-state index contributed by atoms with van der Waals surface area (Å²) in [5, 5.41) is 0. The topological polar surface area (TPSA) is 26.3 Å². The van der Waals surface area contributed by atoms with Gasteiger partial charge in [-0.3, -0.25) is 4.57 Å². The van der Waals surface area contributed by atoms with E-state index in [1.807, 2.05) is 0 Å². The molecule has 0 fully saturated rings. The van der Waals surface area contributed by atoms with E-state index in [9.17, 15) is 4.57 Å². The molecule has 0 N–H and O–H groups in total. The molecule has 0 rings (SSSR count). The first kappa shape index (κ1) is 24.2. The molecule has 0 aliphatic rings. The van der Waals surface area contributed by atoms with Crippen LogP contribution in [0.2, 0.25) is 0 Å². The van der Waals surface area contributed by atoms with E-state index in [1.54, 1.807) is 7.11 Å². The average Bonchev–Trinajstić information content (AvgIpc) is 2.60. The summed E-state index contributed by atoms with van der Waals surface area (Å²) in [6.45, 7) is 2.29. The molecule has 1 unspecified atom stereocenters. The summed E-state index contributed by atoms with van der Waals surface area (Å²) >= 11 is 0. The predicted octanol–water partition coefficient (Wildman–Crippen LogP) is 8.15. The highest BCUT2D eigenvalue weighted by Crippen LogP contribution is 2.22. The summed E-state index contributed by atoms with van der Waals surface area (Å²) in [7, 11) is -0.149. The lowest BCUT2D eigenvalue weighted by atomic mass is 10.0. The Kier molecular flexibility index (Phi) is 21.4. The fourth-order valence-electron chi connectivity index (χ4n) is 3.27. The van der Waals surface area contributed by atoms with Crippen LogP contribution in [0.15, 0.2) is 0 Å². The molecule has 0 radical (unpaired) electrons. The van der Waals surface area contributed by atoms with Crippen LogP contribution >= 0.6 is 8.03 Å². The van der Waals surface area contributed by atoms with Crippen LogP contribution in [0, 0.1) is 0 Å². The fraction of sp³-hybridized carbons (Fsp3) is 1.00. The maximum Gasteiger partial charge on any atom is 0.191 e. The van der Waals surface area contributed by atoms with Crippen molar-refractivity contribution >= 4 is 8.03 Å². The van der Waals surface area contributed by atoms with Gasteiger partial charge in [0.05, 0.1) is 0 Å². The van der Waals surface area contributed by atoms with Gasteiger partial charge in [0.15, 0.2) is 8.03 Å². The zero-order valence-corrected chi connectivity index (χ0v) is 17.8. The van der Waals surface area contributed by atoms with Crippen molar-refractivity contribution in [2.75, 3.05) is 13.3 Å². The van der Waals surface area contributed by atoms with Gasteiger partial charge in [0.1, 0.15) is 0 Å². The second-order valence-electron chi connectivity index (χ2n) is 7.34. The van der Waals surface area contributed by atoms with Crippen molar-refractivity contribution in [3.05, 3.63) is 0 Å². The average molecular weight is 361 g/mol. The zero-order valence-electron chi connectivity index (χ0n) is 16.8. The highest BCUT2D eigenvalue weighted by Gasteiger charge is 1.97. The summed E-state index contributed by atoms with van der Waals surface area (Å²) < 4.78 is 16.0. The summed E-state index contributed by atoms with van der Waals surface area (Å²) in [6, 6.07) is 0. The number of hydrogen-bond donors (Lipinski definition) is 0. The quantitative estimate of drug-likeness (QED) is 0.162. The molecule has 0 heterocycles. The van der Waals surface area contributed by atoms with E-state index in [4.69, 9.17) is 4.52 Å². The van der Waals surface area contributed by atoms with Gasteiger partial charge in [-0.05, 0) is 6.42 Å². The van der Waals surface area contributed by atoms with Crippen molar-refractivity contribution in [3.63, 3.8) is 0 Å². The number of rotatable bonds is 20. The van der Waals surface area contributed by atoms with Gasteiger partial charge in [0.2, 0.25) is 0 Å². The van der Waals surface area contributed by atoms with E-state index < -0.39 is 8.03 Å². The molecule has 0 saturated carbocycles. The molecule has 0 aromatic heterocycles. The van der Waals surface area contributed by atoms with E-state index in [-0.39, 0.29) is 0 Å². The third-order valence-electron chi connectivity index (χ3n) is 4.96. The Bertz CT molecular complexity index is 256. The second-order valence-corrected chi connectivity index (χ2v) is 8.99. The van der Waals surface area contributed by atoms with Gasteiger partial charge < -0.3 is 4.52 Å². The maximum atomic E-state index is 11.1. The lowest BCUT2D eigenvalue weighted by molar-refractivity contribution is 0.412. The van der Waals surface area contributed by atoms with E-state index in [2.05, 4.69) is 6.92 Å². The number of unbranched alkanes of at least 4 members (excludes halogenated alkanes) is 17. The molecule has 146 valence electrons. The van der Waals surface area contributed by atoms with Crippen LogP contribution in [0.5, 0.6) is 0 Å². The Labute approximate surface area is 153 Å². The van der Waals surface area contributed by atoms with Crippen LogP contribution in [0.4, 0.5) is 0 Å². The molecule has 0 aliphatic carbocycles. The molecule has 0 aliphatic heterocycles. The standard InChI is InChI=1S/C21H45O2P/c1-3-4-5-6-7-8-9-10-11-12-13-14-15-16-17-18-19-20-21-24(22)23-2/h24H,3-21H2,1-2H3. The molecule has 24 heavy (non-hydrogen) atoms. The molecule has 0 amide bonds. The highest BCUT2D eigenvalue weighted by molar-refractivity contribution is 7.39. The molecule has 3 heteroatoms. The summed E-state index contributed by atoms with van der Waals surface area (Å²) in [5.74, 6) is 0. The maximum absolute atomic E-state index is 11.1. The minimum Gasteiger partial charge on any atom is -0.334 e. The highest BCUT2D eigenvalue weighted by atomic mass is 31.1. The third-order valence-corrected chi connectivity index (χ3v) is 6.18. The molecule has 0 saturated heterocycles. The Hall–Kier alpha value is 0.190. The van der Waals surface area contributed by atoms with E-state index in [0.29, 0.717) is 0 Å². The molecule has 1 atom stereocenters. The fourth-order valence-corrected chi connectivity index (χ4v) is 4.02. The lowest BCUT2D eigenvalue weighted by Crippen LogP contribution is -1.85. The van der Waals surface area contributed by atoms with Gasteiger partial charge in [-0.25, -0.2) is 0 Å². The smallest absolute Gasteiger partial charge is 0.191 e. The first-order valence-electron chi connectivity index (χ1n) is 10.9. The van der Waals surface area contributed by atoms with Gasteiger partial charge in [-0.15, -0.1) is 0 Å². The monoisotopic (exact) mass is 360 g/mol. The van der Waals surface area contributed by atoms with Crippen LogP contribution in [0.3, 0.4) is 0 Å². The van der Waals surface area contributed by atoms with E-state index >= 15 is 0 Å². The van der Waals surface area contributed by atoms with Crippen LogP contribution in [-0.2, 0) is 9.09 Å². The largest absolute Gasteiger partial charge is 0.334 e. The van der Waals surface area contributed by atoms with Crippen LogP contribution < -0.4 is 0 Å². The van der Waals surface area contributed by atoms with E-state index in [0.717, 1.165) is 12.6 Å². The van der Waals surface area contributed by atoms with Gasteiger partial charge in [0.25, 0.3) is 0 Å². The van der Waals surface area contributed by atoms with Crippen LogP contribution in [-0.4, -0.2) is 13.3 Å². The Morgan fingerprint density at radius 3 is 1.12 bits per heavy atom. The van der Waals surface area contributed by atoms with Gasteiger partial charge >= 0.3 is 0 Å². The summed E-state index contributed by atoms with van der Waals surface area (Å²) in [6.07, 6.45) is 25.8. The molecule has 0 spiro atoms. The van der Waals surface area contributed by atoms with Crippen molar-refractivity contribution in [3.8, 4) is 0 Å². The van der Waals surface area contributed by atoms with Gasteiger partial charge in [-0.2, -0.15) is 0 Å². The molecule has 0 aromatic carbocycles. The first-order chi connectivity index (χ1) is 11.8. The Morgan fingerprint density at radius 2 is 0.833 bits per heavy atom. The second kappa shape index (κ2) is 21.2. The van der Waals surface area contributed by atoms with Crippen molar-refractivity contribution < 1.29 is 9.09 Å². The molecular formula is C21H45O2P. The summed E-state index contributed by atoms with van der Waals surface area (Å²) in [5.41, 5.74) is 0. The third kappa shape index (κ3) is 20.2. The normalized spacial score (nSPS) is 12.6. The molecular weight excluding hydrogens is 315 g/mol. The van der Waals surface area contributed by atoms with Gasteiger partial charge in [-0.1, -0.05) is 116 Å².